The summed E-state index contributed by atoms with van der Waals surface area (Å²) in [7, 11) is 1.53. The van der Waals surface area contributed by atoms with Gasteiger partial charge in [0.25, 0.3) is 0 Å². The van der Waals surface area contributed by atoms with E-state index in [1.807, 2.05) is 36.4 Å². The zero-order valence-corrected chi connectivity index (χ0v) is 18.3. The van der Waals surface area contributed by atoms with Gasteiger partial charge in [0.1, 0.15) is 18.1 Å². The number of halogens is 1. The Labute approximate surface area is 188 Å². The molecule has 158 valence electrons. The molecule has 0 aliphatic rings. The molecule has 0 aromatic heterocycles. The molecule has 2 N–H and O–H groups in total. The van der Waals surface area contributed by atoms with Crippen LogP contribution in [-0.2, 0) is 16.2 Å². The molecule has 7 nitrogen and oxygen atoms in total. The molecular formula is C23H20BrN3O4. The van der Waals surface area contributed by atoms with Gasteiger partial charge in [-0.1, -0.05) is 46.3 Å². The van der Waals surface area contributed by atoms with Gasteiger partial charge in [0, 0.05) is 15.7 Å². The van der Waals surface area contributed by atoms with Gasteiger partial charge in [-0.05, 0) is 48.0 Å². The second-order valence-electron chi connectivity index (χ2n) is 6.34. The number of hydrogen-bond acceptors (Lipinski definition) is 5. The summed E-state index contributed by atoms with van der Waals surface area (Å²) in [6.07, 6.45) is 1.40. The molecule has 0 bridgehead atoms. The lowest BCUT2D eigenvalue weighted by Crippen LogP contribution is -2.32. The van der Waals surface area contributed by atoms with Crippen LogP contribution in [0.25, 0.3) is 0 Å². The van der Waals surface area contributed by atoms with Crippen LogP contribution < -0.4 is 20.2 Å². The van der Waals surface area contributed by atoms with Crippen molar-refractivity contribution in [2.75, 3.05) is 12.4 Å². The summed E-state index contributed by atoms with van der Waals surface area (Å²) in [6, 6.07) is 21.9. The molecule has 3 aromatic rings. The number of rotatable bonds is 7. The monoisotopic (exact) mass is 481 g/mol. The number of hydrogen-bond donors (Lipinski definition) is 2. The average Bonchev–Trinajstić information content (AvgIpc) is 2.79. The number of anilines is 1. The van der Waals surface area contributed by atoms with Crippen molar-refractivity contribution in [2.45, 2.75) is 6.61 Å². The SMILES string of the molecule is COc1ccc(Br)cc1/C=N\NC(=O)C(=O)Nc1ccc(OCc2ccccc2)cc1. The summed E-state index contributed by atoms with van der Waals surface area (Å²) in [4.78, 5) is 24.1. The topological polar surface area (TPSA) is 89.0 Å². The van der Waals surface area contributed by atoms with Gasteiger partial charge in [0.15, 0.2) is 0 Å². The summed E-state index contributed by atoms with van der Waals surface area (Å²) >= 11 is 3.36. The van der Waals surface area contributed by atoms with Gasteiger partial charge in [-0.3, -0.25) is 9.59 Å². The molecule has 0 radical (unpaired) electrons. The highest BCUT2D eigenvalue weighted by atomic mass is 79.9. The third-order valence-electron chi connectivity index (χ3n) is 4.13. The lowest BCUT2D eigenvalue weighted by Gasteiger charge is -2.08. The Kier molecular flexibility index (Phi) is 7.78. The molecule has 8 heteroatoms. The molecular weight excluding hydrogens is 462 g/mol. The zero-order valence-electron chi connectivity index (χ0n) is 16.7. The maximum Gasteiger partial charge on any atom is 0.329 e. The first kappa shape index (κ1) is 22.0. The predicted octanol–water partition coefficient (Wildman–Crippen LogP) is 4.13. The maximum atomic E-state index is 12.1. The molecule has 3 aromatic carbocycles. The molecule has 0 spiro atoms. The van der Waals surface area contributed by atoms with Crippen LogP contribution in [-0.4, -0.2) is 25.1 Å². The Morgan fingerprint density at radius 3 is 2.45 bits per heavy atom. The third-order valence-corrected chi connectivity index (χ3v) is 4.62. The largest absolute Gasteiger partial charge is 0.496 e. The van der Waals surface area contributed by atoms with Gasteiger partial charge >= 0.3 is 11.8 Å². The molecule has 3 rings (SSSR count). The number of hydrazone groups is 1. The van der Waals surface area contributed by atoms with Gasteiger partial charge in [-0.25, -0.2) is 5.43 Å². The van der Waals surface area contributed by atoms with Gasteiger partial charge in [-0.2, -0.15) is 5.10 Å². The summed E-state index contributed by atoms with van der Waals surface area (Å²) in [5, 5.41) is 6.33. The number of ether oxygens (including phenoxy) is 2. The molecule has 0 fully saturated rings. The first-order valence-electron chi connectivity index (χ1n) is 9.30. The number of carbonyl (C=O) groups excluding carboxylic acids is 2. The highest BCUT2D eigenvalue weighted by Gasteiger charge is 2.13. The highest BCUT2D eigenvalue weighted by molar-refractivity contribution is 9.10. The lowest BCUT2D eigenvalue weighted by molar-refractivity contribution is -0.136. The standard InChI is InChI=1S/C23H20BrN3O4/c1-30-21-12-7-18(24)13-17(21)14-25-27-23(29)22(28)26-19-8-10-20(11-9-19)31-15-16-5-3-2-4-6-16/h2-14H,15H2,1H3,(H,26,28)(H,27,29)/b25-14-. The summed E-state index contributed by atoms with van der Waals surface area (Å²) < 4.78 is 11.7. The van der Waals surface area contributed by atoms with E-state index in [0.29, 0.717) is 29.4 Å². The number of carbonyl (C=O) groups is 2. The van der Waals surface area contributed by atoms with Crippen LogP contribution in [0.15, 0.2) is 82.4 Å². The molecule has 0 unspecified atom stereocenters. The predicted molar refractivity (Wildman–Crippen MR) is 122 cm³/mol. The van der Waals surface area contributed by atoms with Gasteiger partial charge in [-0.15, -0.1) is 0 Å². The van der Waals surface area contributed by atoms with Gasteiger partial charge in [0.05, 0.1) is 13.3 Å². The Bertz CT molecular complexity index is 1070. The van der Waals surface area contributed by atoms with Crippen molar-refractivity contribution in [2.24, 2.45) is 5.10 Å². The van der Waals surface area contributed by atoms with E-state index in [4.69, 9.17) is 9.47 Å². The molecule has 0 saturated heterocycles. The van der Waals surface area contributed by atoms with Crippen LogP contribution >= 0.6 is 15.9 Å². The van der Waals surface area contributed by atoms with Crippen molar-refractivity contribution in [3.63, 3.8) is 0 Å². The zero-order chi connectivity index (χ0) is 22.1. The average molecular weight is 482 g/mol. The van der Waals surface area contributed by atoms with E-state index in [2.05, 4.69) is 31.8 Å². The minimum Gasteiger partial charge on any atom is -0.496 e. The Morgan fingerprint density at radius 2 is 1.74 bits per heavy atom. The maximum absolute atomic E-state index is 12.1. The summed E-state index contributed by atoms with van der Waals surface area (Å²) in [5.41, 5.74) is 4.35. The first-order chi connectivity index (χ1) is 15.0. The van der Waals surface area contributed by atoms with Crippen molar-refractivity contribution in [1.82, 2.24) is 5.43 Å². The quantitative estimate of drug-likeness (QED) is 0.301. The summed E-state index contributed by atoms with van der Waals surface area (Å²) in [6.45, 7) is 0.440. The number of nitrogens with one attached hydrogen (secondary N) is 2. The highest BCUT2D eigenvalue weighted by Crippen LogP contribution is 2.21. The van der Waals surface area contributed by atoms with E-state index in [9.17, 15) is 9.59 Å². The minimum atomic E-state index is -0.894. The lowest BCUT2D eigenvalue weighted by atomic mass is 10.2. The molecule has 0 aliphatic heterocycles. The number of methoxy groups -OCH3 is 1. The van der Waals surface area contributed by atoms with E-state index in [0.717, 1.165) is 10.0 Å². The normalized spacial score (nSPS) is 10.5. The van der Waals surface area contributed by atoms with Crippen molar-refractivity contribution in [1.29, 1.82) is 0 Å². The van der Waals surface area contributed by atoms with Crippen LogP contribution in [0.2, 0.25) is 0 Å². The number of amides is 2. The minimum absolute atomic E-state index is 0.440. The van der Waals surface area contributed by atoms with Gasteiger partial charge < -0.3 is 14.8 Å². The Balaban J connectivity index is 1.50. The van der Waals surface area contributed by atoms with Crippen molar-refractivity contribution >= 4 is 39.6 Å². The third kappa shape index (κ3) is 6.68. The molecule has 0 saturated carbocycles. The van der Waals surface area contributed by atoms with E-state index in [-0.39, 0.29) is 0 Å². The second-order valence-corrected chi connectivity index (χ2v) is 7.25. The Morgan fingerprint density at radius 1 is 1.00 bits per heavy atom. The van der Waals surface area contributed by atoms with E-state index in [1.54, 1.807) is 36.4 Å². The van der Waals surface area contributed by atoms with Crippen LogP contribution in [0.5, 0.6) is 11.5 Å². The smallest absolute Gasteiger partial charge is 0.329 e. The van der Waals surface area contributed by atoms with Crippen LogP contribution in [0.3, 0.4) is 0 Å². The number of benzene rings is 3. The first-order valence-corrected chi connectivity index (χ1v) is 10.1. The molecule has 31 heavy (non-hydrogen) atoms. The second kappa shape index (κ2) is 10.9. The van der Waals surface area contributed by atoms with E-state index >= 15 is 0 Å². The molecule has 0 aliphatic carbocycles. The fraction of sp³-hybridized carbons (Fsp3) is 0.0870. The van der Waals surface area contributed by atoms with Crippen molar-refractivity contribution in [3.05, 3.63) is 88.4 Å². The fourth-order valence-corrected chi connectivity index (χ4v) is 2.96. The number of nitrogens with zero attached hydrogens (tertiary/aromatic N) is 1. The fourth-order valence-electron chi connectivity index (χ4n) is 2.58. The van der Waals surface area contributed by atoms with E-state index < -0.39 is 11.8 Å². The Hall–Kier alpha value is -3.65. The summed E-state index contributed by atoms with van der Waals surface area (Å²) in [5.74, 6) is -0.495. The van der Waals surface area contributed by atoms with Crippen molar-refractivity contribution in [3.8, 4) is 11.5 Å². The van der Waals surface area contributed by atoms with Crippen LogP contribution in [0.1, 0.15) is 11.1 Å². The molecule has 0 heterocycles. The van der Waals surface area contributed by atoms with Crippen molar-refractivity contribution < 1.29 is 19.1 Å². The van der Waals surface area contributed by atoms with Gasteiger partial charge in [0.2, 0.25) is 0 Å². The molecule has 2 amide bonds. The van der Waals surface area contributed by atoms with E-state index in [1.165, 1.54) is 13.3 Å². The molecule has 0 atom stereocenters. The van der Waals surface area contributed by atoms with Crippen LogP contribution in [0.4, 0.5) is 5.69 Å². The van der Waals surface area contributed by atoms with Crippen LogP contribution in [0, 0.1) is 0 Å².